The summed E-state index contributed by atoms with van der Waals surface area (Å²) < 4.78 is 0. The maximum absolute atomic E-state index is 12.3. The van der Waals surface area contributed by atoms with Crippen LogP contribution in [0.2, 0.25) is 0 Å². The van der Waals surface area contributed by atoms with Gasteiger partial charge in [-0.2, -0.15) is 0 Å². The largest absolute Gasteiger partial charge is 0.364 e. The molecule has 2 aliphatic heterocycles. The Balaban J connectivity index is 1.62. The van der Waals surface area contributed by atoms with Crippen molar-refractivity contribution in [1.82, 2.24) is 4.90 Å². The van der Waals surface area contributed by atoms with Crippen molar-refractivity contribution in [3.05, 3.63) is 30.3 Å². The average Bonchev–Trinajstić information content (AvgIpc) is 2.63. The molecule has 0 radical (unpaired) electrons. The molecular weight excluding hydrogens is 320 g/mol. The molecule has 6 heteroatoms. The summed E-state index contributed by atoms with van der Waals surface area (Å²) in [5, 5.41) is 4.01. The van der Waals surface area contributed by atoms with Crippen LogP contribution in [0.5, 0.6) is 0 Å². The van der Waals surface area contributed by atoms with Crippen molar-refractivity contribution in [2.75, 3.05) is 31.5 Å². The molecule has 0 saturated carbocycles. The first-order valence-electron chi connectivity index (χ1n) is 8.88. The van der Waals surface area contributed by atoms with Crippen molar-refractivity contribution < 1.29 is 9.69 Å². The van der Waals surface area contributed by atoms with E-state index in [2.05, 4.69) is 10.2 Å². The average molecular weight is 348 g/mol. The molecule has 0 bridgehead atoms. The van der Waals surface area contributed by atoms with Crippen molar-refractivity contribution in [2.45, 2.75) is 37.6 Å². The van der Waals surface area contributed by atoms with Crippen LogP contribution in [-0.4, -0.2) is 47.6 Å². The van der Waals surface area contributed by atoms with E-state index in [1.807, 2.05) is 30.3 Å². The van der Waals surface area contributed by atoms with Gasteiger partial charge < -0.3 is 20.9 Å². The number of nitrogens with one attached hydrogen (secondary N) is 2. The maximum atomic E-state index is 12.3. The second-order valence-corrected chi connectivity index (χ2v) is 7.28. The summed E-state index contributed by atoms with van der Waals surface area (Å²) in [6.45, 7) is 3.70. The SMILES string of the molecule is NC(=O)C1([NH+]2CCCCC2)CCN(C(=S)Nc2ccccc2)CC1. The first-order chi connectivity index (χ1) is 11.6. The van der Waals surface area contributed by atoms with Crippen LogP contribution in [0.1, 0.15) is 32.1 Å². The first kappa shape index (κ1) is 17.2. The second-order valence-electron chi connectivity index (χ2n) is 6.89. The standard InChI is InChI=1S/C18H26N4OS/c19-16(23)18(22-11-5-2-6-12-22)9-13-21(14-10-18)17(24)20-15-7-3-1-4-8-15/h1,3-4,7-8H,2,5-6,9-14H2,(H2,19,23)(H,20,24)/p+1. The van der Waals surface area contributed by atoms with Crippen molar-refractivity contribution in [1.29, 1.82) is 0 Å². The Kier molecular flexibility index (Phi) is 5.36. The minimum atomic E-state index is -0.403. The fourth-order valence-electron chi connectivity index (χ4n) is 4.05. The Morgan fingerprint density at radius 3 is 2.33 bits per heavy atom. The number of carbonyl (C=O) groups is 1. The molecule has 4 N–H and O–H groups in total. The molecule has 0 aromatic heterocycles. The van der Waals surface area contributed by atoms with Crippen molar-refractivity contribution in [3.8, 4) is 0 Å². The summed E-state index contributed by atoms with van der Waals surface area (Å²) >= 11 is 5.54. The van der Waals surface area contributed by atoms with Crippen LogP contribution in [0.15, 0.2) is 30.3 Å². The summed E-state index contributed by atoms with van der Waals surface area (Å²) in [4.78, 5) is 15.8. The minimum Gasteiger partial charge on any atom is -0.364 e. The Labute approximate surface area is 149 Å². The molecule has 2 heterocycles. The number of carbonyl (C=O) groups excluding carboxylic acids is 1. The van der Waals surface area contributed by atoms with E-state index in [-0.39, 0.29) is 5.91 Å². The summed E-state index contributed by atoms with van der Waals surface area (Å²) in [5.41, 5.74) is 6.44. The Morgan fingerprint density at radius 1 is 1.12 bits per heavy atom. The predicted molar refractivity (Wildman–Crippen MR) is 99.9 cm³/mol. The maximum Gasteiger partial charge on any atom is 0.278 e. The summed E-state index contributed by atoms with van der Waals surface area (Å²) in [7, 11) is 0. The van der Waals surface area contributed by atoms with E-state index in [9.17, 15) is 4.79 Å². The van der Waals surface area contributed by atoms with Crippen LogP contribution < -0.4 is 16.0 Å². The van der Waals surface area contributed by atoms with Crippen LogP contribution >= 0.6 is 12.2 Å². The van der Waals surface area contributed by atoms with Gasteiger partial charge in [0.2, 0.25) is 0 Å². The molecule has 1 amide bonds. The molecule has 0 aliphatic carbocycles. The van der Waals surface area contributed by atoms with Crippen LogP contribution in [0.4, 0.5) is 5.69 Å². The highest BCUT2D eigenvalue weighted by molar-refractivity contribution is 7.80. The zero-order chi connectivity index (χ0) is 17.0. The summed E-state index contributed by atoms with van der Waals surface area (Å²) in [5.74, 6) is -0.138. The third kappa shape index (κ3) is 3.54. The van der Waals surface area contributed by atoms with E-state index in [4.69, 9.17) is 18.0 Å². The molecule has 2 fully saturated rings. The fraction of sp³-hybridized carbons (Fsp3) is 0.556. The Bertz CT molecular complexity index is 578. The molecule has 3 rings (SSSR count). The number of thiocarbonyl (C=S) groups is 1. The molecule has 2 aliphatic rings. The van der Waals surface area contributed by atoms with Gasteiger partial charge in [-0.15, -0.1) is 0 Å². The lowest BCUT2D eigenvalue weighted by Crippen LogP contribution is -3.22. The molecule has 0 unspecified atom stereocenters. The fourth-order valence-corrected chi connectivity index (χ4v) is 4.35. The number of nitrogens with zero attached hydrogens (tertiary/aromatic N) is 1. The van der Waals surface area contributed by atoms with Crippen molar-refractivity contribution >= 4 is 28.9 Å². The zero-order valence-electron chi connectivity index (χ0n) is 14.1. The van der Waals surface area contributed by atoms with E-state index < -0.39 is 5.54 Å². The highest BCUT2D eigenvalue weighted by atomic mass is 32.1. The molecule has 24 heavy (non-hydrogen) atoms. The lowest BCUT2D eigenvalue weighted by Gasteiger charge is -2.45. The van der Waals surface area contributed by atoms with Gasteiger partial charge in [0.15, 0.2) is 10.7 Å². The number of nitrogens with two attached hydrogens (primary N) is 1. The van der Waals surface area contributed by atoms with E-state index >= 15 is 0 Å². The number of benzene rings is 1. The van der Waals surface area contributed by atoms with E-state index in [0.29, 0.717) is 0 Å². The third-order valence-electron chi connectivity index (χ3n) is 5.53. The number of rotatable bonds is 3. The topological polar surface area (TPSA) is 62.8 Å². The lowest BCUT2D eigenvalue weighted by atomic mass is 9.83. The molecular formula is C18H27N4OS+. The van der Waals surface area contributed by atoms with Gasteiger partial charge in [0.25, 0.3) is 5.91 Å². The quantitative estimate of drug-likeness (QED) is 0.707. The Hall–Kier alpha value is -1.66. The number of hydrogen-bond acceptors (Lipinski definition) is 2. The first-order valence-corrected chi connectivity index (χ1v) is 9.29. The minimum absolute atomic E-state index is 0.138. The second kappa shape index (κ2) is 7.49. The molecule has 5 nitrogen and oxygen atoms in total. The van der Waals surface area contributed by atoms with Crippen molar-refractivity contribution in [3.63, 3.8) is 0 Å². The van der Waals surface area contributed by atoms with E-state index in [1.54, 1.807) is 0 Å². The zero-order valence-corrected chi connectivity index (χ0v) is 14.9. The number of piperidine rings is 2. The molecule has 0 atom stereocenters. The number of amides is 1. The van der Waals surface area contributed by atoms with Crippen molar-refractivity contribution in [2.24, 2.45) is 5.73 Å². The molecule has 2 saturated heterocycles. The number of anilines is 1. The highest BCUT2D eigenvalue weighted by Crippen LogP contribution is 2.21. The van der Waals surface area contributed by atoms with Gasteiger partial charge in [-0.1, -0.05) is 18.2 Å². The molecule has 1 aromatic carbocycles. The van der Waals surface area contributed by atoms with Gasteiger partial charge in [-0.3, -0.25) is 4.79 Å². The lowest BCUT2D eigenvalue weighted by molar-refractivity contribution is -0.948. The van der Waals surface area contributed by atoms with Crippen LogP contribution in [-0.2, 0) is 4.79 Å². The number of hydrogen-bond donors (Lipinski definition) is 3. The number of quaternary nitrogens is 1. The molecule has 130 valence electrons. The van der Waals surface area contributed by atoms with Gasteiger partial charge in [0.05, 0.1) is 13.1 Å². The molecule has 1 aromatic rings. The monoisotopic (exact) mass is 347 g/mol. The van der Waals surface area contributed by atoms with Crippen LogP contribution in [0, 0.1) is 0 Å². The normalized spacial score (nSPS) is 21.2. The van der Waals surface area contributed by atoms with Gasteiger partial charge in [-0.25, -0.2) is 0 Å². The van der Waals surface area contributed by atoms with Crippen LogP contribution in [0.3, 0.4) is 0 Å². The number of primary amides is 1. The van der Waals surface area contributed by atoms with Gasteiger partial charge in [0, 0.05) is 31.6 Å². The third-order valence-corrected chi connectivity index (χ3v) is 5.90. The smallest absolute Gasteiger partial charge is 0.278 e. The van der Waals surface area contributed by atoms with E-state index in [0.717, 1.165) is 49.8 Å². The summed E-state index contributed by atoms with van der Waals surface area (Å²) in [6.07, 6.45) is 5.24. The van der Waals surface area contributed by atoms with Gasteiger partial charge in [-0.05, 0) is 43.6 Å². The highest BCUT2D eigenvalue weighted by Gasteiger charge is 2.49. The van der Waals surface area contributed by atoms with Crippen LogP contribution in [0.25, 0.3) is 0 Å². The summed E-state index contributed by atoms with van der Waals surface area (Å²) in [6, 6.07) is 9.96. The predicted octanol–water partition coefficient (Wildman–Crippen LogP) is 0.772. The Morgan fingerprint density at radius 2 is 1.75 bits per heavy atom. The van der Waals surface area contributed by atoms with E-state index in [1.165, 1.54) is 24.2 Å². The van der Waals surface area contributed by atoms with Gasteiger partial charge >= 0.3 is 0 Å². The number of para-hydroxylation sites is 1. The molecule has 0 spiro atoms. The van der Waals surface area contributed by atoms with Gasteiger partial charge in [0.1, 0.15) is 0 Å². The number of likely N-dealkylation sites (tertiary alicyclic amines) is 2.